The zero-order chi connectivity index (χ0) is 28.7. The number of fused-ring (bicyclic) bond motifs is 1. The first-order valence-electron chi connectivity index (χ1n) is 12.9. The number of hydrogen-bond donors (Lipinski definition) is 2. The zero-order valence-corrected chi connectivity index (χ0v) is 22.8. The van der Waals surface area contributed by atoms with Crippen LogP contribution in [0.15, 0.2) is 55.2 Å². The number of aromatic nitrogens is 6. The maximum Gasteiger partial charge on any atom is 0.165 e. The SMILES string of the molecule is COc1cc(F)c(-c2cc(Cn3cnc4c(N)ncnc43)c(N3CCC[C@](N)(c4cccc(Cl)n4)C3)cn2)c(F)c1. The van der Waals surface area contributed by atoms with E-state index in [0.29, 0.717) is 41.5 Å². The number of piperidine rings is 1. The van der Waals surface area contributed by atoms with Gasteiger partial charge in [0.1, 0.15) is 34.4 Å². The highest BCUT2D eigenvalue weighted by Gasteiger charge is 2.36. The normalized spacial score (nSPS) is 17.2. The average Bonchev–Trinajstić information content (AvgIpc) is 3.36. The van der Waals surface area contributed by atoms with Crippen molar-refractivity contribution in [3.05, 3.63) is 83.3 Å². The van der Waals surface area contributed by atoms with Crippen LogP contribution in [-0.4, -0.2) is 49.7 Å². The lowest BCUT2D eigenvalue weighted by atomic mass is 9.86. The van der Waals surface area contributed by atoms with Gasteiger partial charge in [-0.3, -0.25) is 4.98 Å². The molecule has 1 aromatic carbocycles. The molecular formula is C28H26ClF2N9O. The van der Waals surface area contributed by atoms with Gasteiger partial charge in [-0.15, -0.1) is 0 Å². The molecular weight excluding hydrogens is 552 g/mol. The van der Waals surface area contributed by atoms with Gasteiger partial charge in [-0.05, 0) is 36.6 Å². The van der Waals surface area contributed by atoms with E-state index in [0.717, 1.165) is 29.8 Å². The number of benzene rings is 1. The first-order valence-corrected chi connectivity index (χ1v) is 13.2. The van der Waals surface area contributed by atoms with Crippen LogP contribution in [0.3, 0.4) is 0 Å². The van der Waals surface area contributed by atoms with Crippen molar-refractivity contribution in [1.82, 2.24) is 29.5 Å². The van der Waals surface area contributed by atoms with Gasteiger partial charge in [0.25, 0.3) is 0 Å². The van der Waals surface area contributed by atoms with Crippen molar-refractivity contribution in [3.63, 3.8) is 0 Å². The number of hydrogen-bond acceptors (Lipinski definition) is 9. The Morgan fingerprint density at radius 1 is 1.10 bits per heavy atom. The highest BCUT2D eigenvalue weighted by atomic mass is 35.5. The molecule has 41 heavy (non-hydrogen) atoms. The number of ether oxygens (including phenoxy) is 1. The van der Waals surface area contributed by atoms with Gasteiger partial charge in [0.2, 0.25) is 0 Å². The highest BCUT2D eigenvalue weighted by molar-refractivity contribution is 6.29. The van der Waals surface area contributed by atoms with E-state index in [1.54, 1.807) is 29.2 Å². The Bertz CT molecular complexity index is 1740. The molecule has 4 aromatic heterocycles. The number of nitrogens with zero attached hydrogens (tertiary/aromatic N) is 7. The summed E-state index contributed by atoms with van der Waals surface area (Å²) in [4.78, 5) is 23.8. The lowest BCUT2D eigenvalue weighted by Gasteiger charge is -2.41. The summed E-state index contributed by atoms with van der Waals surface area (Å²) >= 11 is 6.18. The van der Waals surface area contributed by atoms with E-state index in [4.69, 9.17) is 27.8 Å². The van der Waals surface area contributed by atoms with E-state index in [-0.39, 0.29) is 29.4 Å². The van der Waals surface area contributed by atoms with Gasteiger partial charge in [0.15, 0.2) is 11.5 Å². The molecule has 10 nitrogen and oxygen atoms in total. The second kappa shape index (κ2) is 10.5. The topological polar surface area (TPSA) is 134 Å². The molecule has 0 amide bonds. The second-order valence-corrected chi connectivity index (χ2v) is 10.4. The number of methoxy groups -OCH3 is 1. The molecule has 5 aromatic rings. The Hall–Kier alpha value is -4.42. The summed E-state index contributed by atoms with van der Waals surface area (Å²) in [7, 11) is 1.35. The molecule has 13 heteroatoms. The van der Waals surface area contributed by atoms with Gasteiger partial charge in [-0.25, -0.2) is 28.7 Å². The standard InChI is InChI=1S/C28H26ClF2N9O/c1-41-17-9-18(30)24(19(31)10-17)20-8-16(12-40-15-37-25-26(32)35-14-36-27(25)40)21(11-34-20)39-7-3-6-28(33,13-39)22-4-2-5-23(29)38-22/h2,4-5,8-11,14-15H,3,6-7,12-13,33H2,1H3,(H2,32,35,36)/t28-/m1/s1. The Morgan fingerprint density at radius 2 is 1.90 bits per heavy atom. The molecule has 1 saturated heterocycles. The molecule has 0 spiro atoms. The summed E-state index contributed by atoms with van der Waals surface area (Å²) in [6.07, 6.45) is 6.08. The number of rotatable bonds is 6. The Labute approximate surface area is 239 Å². The van der Waals surface area contributed by atoms with E-state index in [9.17, 15) is 0 Å². The van der Waals surface area contributed by atoms with Crippen molar-refractivity contribution in [3.8, 4) is 17.0 Å². The Morgan fingerprint density at radius 3 is 2.66 bits per heavy atom. The van der Waals surface area contributed by atoms with Crippen LogP contribution in [0.5, 0.6) is 5.75 Å². The van der Waals surface area contributed by atoms with Crippen LogP contribution in [0.2, 0.25) is 5.15 Å². The van der Waals surface area contributed by atoms with Crippen LogP contribution in [0.25, 0.3) is 22.4 Å². The maximum atomic E-state index is 15.1. The minimum Gasteiger partial charge on any atom is -0.497 e. The first kappa shape index (κ1) is 26.8. The van der Waals surface area contributed by atoms with Gasteiger partial charge < -0.3 is 25.7 Å². The molecule has 0 radical (unpaired) electrons. The van der Waals surface area contributed by atoms with Crippen molar-refractivity contribution in [1.29, 1.82) is 0 Å². The van der Waals surface area contributed by atoms with E-state index in [2.05, 4.69) is 29.8 Å². The number of nitrogens with two attached hydrogens (primary N) is 2. The Balaban J connectivity index is 1.45. The van der Waals surface area contributed by atoms with Crippen molar-refractivity contribution >= 4 is 34.3 Å². The number of pyridine rings is 2. The molecule has 0 saturated carbocycles. The van der Waals surface area contributed by atoms with Gasteiger partial charge in [0, 0.05) is 25.2 Å². The lowest BCUT2D eigenvalue weighted by molar-refractivity contribution is 0.345. The fourth-order valence-electron chi connectivity index (χ4n) is 5.33. The Kier molecular flexibility index (Phi) is 6.88. The number of halogens is 3. The van der Waals surface area contributed by atoms with Gasteiger partial charge in [0.05, 0.1) is 54.4 Å². The summed E-state index contributed by atoms with van der Waals surface area (Å²) in [6.45, 7) is 1.39. The summed E-state index contributed by atoms with van der Waals surface area (Å²) in [5, 5.41) is 0.368. The van der Waals surface area contributed by atoms with Gasteiger partial charge in [-0.1, -0.05) is 17.7 Å². The number of imidazole rings is 1. The minimum atomic E-state index is -0.785. The minimum absolute atomic E-state index is 0.0741. The molecule has 1 aliphatic rings. The molecule has 0 aliphatic carbocycles. The predicted octanol–water partition coefficient (Wildman–Crippen LogP) is 4.31. The van der Waals surface area contributed by atoms with Crippen LogP contribution in [0.4, 0.5) is 20.3 Å². The second-order valence-electron chi connectivity index (χ2n) is 9.99. The predicted molar refractivity (Wildman–Crippen MR) is 152 cm³/mol. The fourth-order valence-corrected chi connectivity index (χ4v) is 5.50. The lowest BCUT2D eigenvalue weighted by Crippen LogP contribution is -2.52. The third-order valence-corrected chi connectivity index (χ3v) is 7.54. The average molecular weight is 578 g/mol. The molecule has 5 heterocycles. The summed E-state index contributed by atoms with van der Waals surface area (Å²) in [6, 6.07) is 9.33. The number of nitrogen functional groups attached to an aromatic ring is 1. The van der Waals surface area contributed by atoms with Crippen molar-refractivity contribution in [2.45, 2.75) is 24.9 Å². The van der Waals surface area contributed by atoms with Crippen molar-refractivity contribution in [2.75, 3.05) is 30.8 Å². The van der Waals surface area contributed by atoms with Crippen LogP contribution in [0.1, 0.15) is 24.1 Å². The third kappa shape index (κ3) is 5.00. The fraction of sp³-hybridized carbons (Fsp3) is 0.250. The molecule has 210 valence electrons. The van der Waals surface area contributed by atoms with Gasteiger partial charge in [-0.2, -0.15) is 0 Å². The first-order chi connectivity index (χ1) is 19.8. The van der Waals surface area contributed by atoms with E-state index < -0.39 is 17.2 Å². The molecule has 0 unspecified atom stereocenters. The van der Waals surface area contributed by atoms with Crippen molar-refractivity contribution < 1.29 is 13.5 Å². The van der Waals surface area contributed by atoms with E-state index >= 15 is 8.78 Å². The number of anilines is 2. The molecule has 1 atom stereocenters. The van der Waals surface area contributed by atoms with Crippen LogP contribution in [0, 0.1) is 11.6 Å². The smallest absolute Gasteiger partial charge is 0.165 e. The molecule has 1 aliphatic heterocycles. The monoisotopic (exact) mass is 577 g/mol. The van der Waals surface area contributed by atoms with Crippen LogP contribution < -0.4 is 21.1 Å². The van der Waals surface area contributed by atoms with Crippen LogP contribution in [-0.2, 0) is 12.1 Å². The summed E-state index contributed by atoms with van der Waals surface area (Å²) in [5.41, 5.74) is 15.2. The maximum absolute atomic E-state index is 15.1. The molecule has 0 bridgehead atoms. The molecule has 6 rings (SSSR count). The van der Waals surface area contributed by atoms with Crippen molar-refractivity contribution in [2.24, 2.45) is 5.73 Å². The summed E-state index contributed by atoms with van der Waals surface area (Å²) in [5.74, 6) is -1.24. The van der Waals surface area contributed by atoms with Crippen LogP contribution >= 0.6 is 11.6 Å². The van der Waals surface area contributed by atoms with Gasteiger partial charge >= 0.3 is 0 Å². The zero-order valence-electron chi connectivity index (χ0n) is 22.1. The largest absolute Gasteiger partial charge is 0.497 e. The molecule has 1 fully saturated rings. The van der Waals surface area contributed by atoms with E-state index in [1.165, 1.54) is 13.4 Å². The summed E-state index contributed by atoms with van der Waals surface area (Å²) < 4.78 is 37.0. The third-order valence-electron chi connectivity index (χ3n) is 7.33. The molecule has 4 N–H and O–H groups in total. The quantitative estimate of drug-likeness (QED) is 0.283. The highest BCUT2D eigenvalue weighted by Crippen LogP contribution is 2.36. The van der Waals surface area contributed by atoms with E-state index in [1.807, 2.05) is 12.1 Å².